The van der Waals surface area contributed by atoms with Crippen LogP contribution >= 0.6 is 0 Å². The third kappa shape index (κ3) is 3.73. The van der Waals surface area contributed by atoms with Crippen molar-refractivity contribution < 1.29 is 18.4 Å². The summed E-state index contributed by atoms with van der Waals surface area (Å²) < 4.78 is 28.0. The number of carbonyl (C=O) groups excluding carboxylic acids is 2. The smallest absolute Gasteiger partial charge is 0.373 e. The second-order valence-corrected chi connectivity index (χ2v) is 3.88. The van der Waals surface area contributed by atoms with Crippen LogP contribution in [0.25, 0.3) is 0 Å². The van der Waals surface area contributed by atoms with Crippen LogP contribution in [-0.2, 0) is 22.6 Å². The zero-order chi connectivity index (χ0) is 15.1. The fourth-order valence-corrected chi connectivity index (χ4v) is 1.68. The fraction of sp³-hybridized carbons (Fsp3) is 0.231. The third-order valence-corrected chi connectivity index (χ3v) is 2.64. The maximum atomic E-state index is 13.4. The van der Waals surface area contributed by atoms with Crippen molar-refractivity contribution in [2.75, 3.05) is 5.73 Å². The first-order valence-corrected chi connectivity index (χ1v) is 5.76. The highest BCUT2D eigenvalue weighted by Gasteiger charge is 2.09. The molecule has 0 aliphatic carbocycles. The van der Waals surface area contributed by atoms with Crippen LogP contribution < -0.4 is 5.73 Å². The normalized spacial score (nSPS) is 9.55. The molecular weight excluding hydrogens is 268 g/mol. The van der Waals surface area contributed by atoms with Crippen molar-refractivity contribution >= 4 is 12.0 Å². The van der Waals surface area contributed by atoms with Crippen LogP contribution in [0.3, 0.4) is 0 Å². The lowest BCUT2D eigenvalue weighted by Gasteiger charge is -2.07. The second kappa shape index (κ2) is 7.16. The van der Waals surface area contributed by atoms with Crippen molar-refractivity contribution in [2.24, 2.45) is 0 Å². The Labute approximate surface area is 114 Å². The van der Waals surface area contributed by atoms with Gasteiger partial charge in [-0.15, -0.1) is 0 Å². The molecule has 0 aliphatic heterocycles. The quantitative estimate of drug-likeness (QED) is 0.930. The average molecular weight is 281 g/mol. The Morgan fingerprint density at radius 3 is 2.55 bits per heavy atom. The first-order chi connectivity index (χ1) is 9.53. The van der Waals surface area contributed by atoms with E-state index in [0.29, 0.717) is 12.2 Å². The number of aromatic nitrogens is 2. The van der Waals surface area contributed by atoms with Crippen molar-refractivity contribution in [3.63, 3.8) is 0 Å². The Balaban J connectivity index is 0.000000612. The van der Waals surface area contributed by atoms with Gasteiger partial charge in [-0.1, -0.05) is 6.92 Å². The van der Waals surface area contributed by atoms with E-state index in [1.165, 1.54) is 6.07 Å². The van der Waals surface area contributed by atoms with Crippen LogP contribution in [0.5, 0.6) is 0 Å². The molecule has 1 aromatic heterocycles. The fourth-order valence-electron chi connectivity index (χ4n) is 1.68. The third-order valence-electron chi connectivity index (χ3n) is 2.64. The Morgan fingerprint density at radius 1 is 1.35 bits per heavy atom. The summed E-state index contributed by atoms with van der Waals surface area (Å²) in [6, 6.07) is 3.37. The molecule has 2 N–H and O–H groups in total. The van der Waals surface area contributed by atoms with E-state index in [1.807, 2.05) is 6.92 Å². The predicted molar refractivity (Wildman–Crippen MR) is 66.5 cm³/mol. The molecule has 0 fully saturated rings. The number of anilines is 1. The molecule has 2 aromatic rings. The molecule has 1 heterocycles. The lowest BCUT2D eigenvalue weighted by Crippen LogP contribution is -2.06. The molecule has 0 atom stereocenters. The standard InChI is InChI=1S/C12H13F2N3.CO2/c1-2-11-12(15)17(7-16-11)6-8-5-9(13)3-4-10(8)14;2-1-3/h3-5,7H,2,6,15H2,1H3;. The van der Waals surface area contributed by atoms with Crippen LogP contribution in [0.4, 0.5) is 14.6 Å². The van der Waals surface area contributed by atoms with Gasteiger partial charge in [0.25, 0.3) is 0 Å². The lowest BCUT2D eigenvalue weighted by atomic mass is 10.2. The average Bonchev–Trinajstić information content (AvgIpc) is 2.76. The number of hydrogen-bond donors (Lipinski definition) is 1. The van der Waals surface area contributed by atoms with E-state index < -0.39 is 11.6 Å². The summed E-state index contributed by atoms with van der Waals surface area (Å²) in [6.07, 6.45) is 2.50. The molecule has 5 nitrogen and oxygen atoms in total. The summed E-state index contributed by atoms with van der Waals surface area (Å²) in [5.41, 5.74) is 6.86. The Kier molecular flexibility index (Phi) is 5.56. The van der Waals surface area contributed by atoms with Crippen molar-refractivity contribution in [1.82, 2.24) is 9.55 Å². The van der Waals surface area contributed by atoms with Crippen molar-refractivity contribution in [1.29, 1.82) is 0 Å². The number of nitrogens with zero attached hydrogens (tertiary/aromatic N) is 2. The number of nitrogen functional groups attached to an aromatic ring is 1. The number of rotatable bonds is 3. The number of benzene rings is 1. The summed E-state index contributed by atoms with van der Waals surface area (Å²) in [5, 5.41) is 0. The van der Waals surface area contributed by atoms with Crippen molar-refractivity contribution in [3.8, 4) is 0 Å². The van der Waals surface area contributed by atoms with Gasteiger partial charge >= 0.3 is 6.15 Å². The van der Waals surface area contributed by atoms with E-state index in [1.54, 1.807) is 10.9 Å². The van der Waals surface area contributed by atoms with Crippen molar-refractivity contribution in [2.45, 2.75) is 19.9 Å². The molecule has 106 valence electrons. The molecule has 0 aliphatic rings. The zero-order valence-electron chi connectivity index (χ0n) is 10.8. The van der Waals surface area contributed by atoms with E-state index in [9.17, 15) is 8.78 Å². The largest absolute Gasteiger partial charge is 0.384 e. The van der Waals surface area contributed by atoms with Crippen LogP contribution in [0.2, 0.25) is 0 Å². The Hall–Kier alpha value is -2.53. The summed E-state index contributed by atoms with van der Waals surface area (Å²) in [7, 11) is 0. The Bertz CT molecular complexity index is 620. The van der Waals surface area contributed by atoms with E-state index in [-0.39, 0.29) is 18.3 Å². The highest BCUT2D eigenvalue weighted by molar-refractivity contribution is 5.37. The van der Waals surface area contributed by atoms with Gasteiger partial charge in [0.2, 0.25) is 0 Å². The summed E-state index contributed by atoms with van der Waals surface area (Å²) in [4.78, 5) is 20.4. The van der Waals surface area contributed by atoms with E-state index >= 15 is 0 Å². The van der Waals surface area contributed by atoms with Gasteiger partial charge in [0.05, 0.1) is 18.6 Å². The highest BCUT2D eigenvalue weighted by atomic mass is 19.1. The van der Waals surface area contributed by atoms with Gasteiger partial charge in [0, 0.05) is 5.56 Å². The van der Waals surface area contributed by atoms with Gasteiger partial charge in [0.15, 0.2) is 0 Å². The van der Waals surface area contributed by atoms with E-state index in [2.05, 4.69) is 4.98 Å². The topological polar surface area (TPSA) is 78.0 Å². The molecule has 7 heteroatoms. The molecule has 1 aromatic carbocycles. The molecule has 20 heavy (non-hydrogen) atoms. The Morgan fingerprint density at radius 2 is 2.00 bits per heavy atom. The van der Waals surface area contributed by atoms with Gasteiger partial charge in [-0.05, 0) is 24.6 Å². The minimum absolute atomic E-state index is 0.183. The second-order valence-electron chi connectivity index (χ2n) is 3.88. The molecule has 0 spiro atoms. The molecule has 0 amide bonds. The SMILES string of the molecule is CCc1ncn(Cc2cc(F)ccc2F)c1N.O=C=O. The van der Waals surface area contributed by atoms with Crippen LogP contribution in [-0.4, -0.2) is 15.7 Å². The van der Waals surface area contributed by atoms with Crippen molar-refractivity contribution in [3.05, 3.63) is 47.4 Å². The molecule has 0 radical (unpaired) electrons. The first-order valence-electron chi connectivity index (χ1n) is 5.76. The molecular formula is C13H13F2N3O2. The first kappa shape index (κ1) is 15.5. The molecule has 0 saturated heterocycles. The summed E-state index contributed by atoms with van der Waals surface area (Å²) in [6.45, 7) is 2.12. The van der Waals surface area contributed by atoms with E-state index in [0.717, 1.165) is 17.8 Å². The van der Waals surface area contributed by atoms with Gasteiger partial charge in [-0.2, -0.15) is 9.59 Å². The minimum atomic E-state index is -0.462. The van der Waals surface area contributed by atoms with Crippen LogP contribution in [0.15, 0.2) is 24.5 Å². The van der Waals surface area contributed by atoms with Gasteiger partial charge < -0.3 is 10.3 Å². The van der Waals surface area contributed by atoms with Crippen LogP contribution in [0.1, 0.15) is 18.2 Å². The number of nitrogens with two attached hydrogens (primary N) is 1. The number of aryl methyl sites for hydroxylation is 1. The number of imidazole rings is 1. The summed E-state index contributed by atoms with van der Waals surface area (Å²) in [5.74, 6) is -0.412. The van der Waals surface area contributed by atoms with Gasteiger partial charge in [0.1, 0.15) is 17.5 Å². The monoisotopic (exact) mass is 281 g/mol. The van der Waals surface area contributed by atoms with Gasteiger partial charge in [-0.3, -0.25) is 0 Å². The molecule has 0 saturated carbocycles. The number of hydrogen-bond acceptors (Lipinski definition) is 4. The predicted octanol–water partition coefficient (Wildman–Crippen LogP) is 1.77. The molecule has 2 rings (SSSR count). The molecule has 0 unspecified atom stereocenters. The lowest BCUT2D eigenvalue weighted by molar-refractivity contribution is -0.191. The van der Waals surface area contributed by atoms with Crippen LogP contribution in [0, 0.1) is 11.6 Å². The van der Waals surface area contributed by atoms with Gasteiger partial charge in [-0.25, -0.2) is 13.8 Å². The maximum absolute atomic E-state index is 13.4. The van der Waals surface area contributed by atoms with E-state index in [4.69, 9.17) is 15.3 Å². The summed E-state index contributed by atoms with van der Waals surface area (Å²) >= 11 is 0. The zero-order valence-corrected chi connectivity index (χ0v) is 10.8. The molecule has 0 bridgehead atoms. The maximum Gasteiger partial charge on any atom is 0.373 e. The number of halogens is 2. The minimum Gasteiger partial charge on any atom is -0.384 e. The highest BCUT2D eigenvalue weighted by Crippen LogP contribution is 2.16.